The summed E-state index contributed by atoms with van der Waals surface area (Å²) in [5.41, 5.74) is 3.71. The Kier molecular flexibility index (Phi) is 7.58. The van der Waals surface area contributed by atoms with Crippen molar-refractivity contribution in [2.45, 2.75) is 39.0 Å². The molecule has 0 aromatic heterocycles. The number of ether oxygens (including phenoxy) is 3. The maximum absolute atomic E-state index is 14.2. The molecule has 1 N–H and O–H groups in total. The van der Waals surface area contributed by atoms with Gasteiger partial charge in [0.2, 0.25) is 0 Å². The molecule has 188 valence electrons. The first-order valence-corrected chi connectivity index (χ1v) is 12.2. The number of dihydropyridines is 1. The van der Waals surface area contributed by atoms with Crippen LogP contribution in [0, 0.1) is 5.92 Å². The minimum absolute atomic E-state index is 0.160. The first-order valence-electron chi connectivity index (χ1n) is 12.2. The fraction of sp³-hybridized carbons (Fsp3) is 0.345. The summed E-state index contributed by atoms with van der Waals surface area (Å²) in [5.74, 6) is -2.93. The molecule has 0 unspecified atom stereocenters. The van der Waals surface area contributed by atoms with Gasteiger partial charge in [-0.1, -0.05) is 42.5 Å². The highest BCUT2D eigenvalue weighted by atomic mass is 16.5. The van der Waals surface area contributed by atoms with Crippen LogP contribution in [0.1, 0.15) is 50.2 Å². The Bertz CT molecular complexity index is 1230. The Morgan fingerprint density at radius 3 is 2.33 bits per heavy atom. The van der Waals surface area contributed by atoms with Crippen LogP contribution in [0.5, 0.6) is 5.75 Å². The lowest BCUT2D eigenvalue weighted by molar-refractivity contribution is -0.152. The van der Waals surface area contributed by atoms with E-state index in [1.165, 1.54) is 0 Å². The molecule has 0 saturated heterocycles. The Morgan fingerprint density at radius 1 is 0.972 bits per heavy atom. The molecule has 1 aliphatic heterocycles. The van der Waals surface area contributed by atoms with Crippen LogP contribution in [-0.2, 0) is 23.9 Å². The number of methoxy groups -OCH3 is 1. The third kappa shape index (κ3) is 4.65. The molecule has 2 aromatic rings. The van der Waals surface area contributed by atoms with Crippen LogP contribution in [0.2, 0.25) is 0 Å². The summed E-state index contributed by atoms with van der Waals surface area (Å²) in [6, 6.07) is 16.8. The van der Waals surface area contributed by atoms with Crippen LogP contribution >= 0.6 is 0 Å². The van der Waals surface area contributed by atoms with Crippen molar-refractivity contribution in [3.05, 3.63) is 88.3 Å². The molecule has 7 heteroatoms. The van der Waals surface area contributed by atoms with Crippen LogP contribution in [0.3, 0.4) is 0 Å². The van der Waals surface area contributed by atoms with Crippen LogP contribution < -0.4 is 10.1 Å². The van der Waals surface area contributed by atoms with Crippen LogP contribution in [0.15, 0.2) is 77.1 Å². The maximum atomic E-state index is 14.2. The molecule has 1 aliphatic carbocycles. The number of hydrogen-bond acceptors (Lipinski definition) is 7. The van der Waals surface area contributed by atoms with Crippen molar-refractivity contribution in [2.24, 2.45) is 5.92 Å². The van der Waals surface area contributed by atoms with Gasteiger partial charge in [0.1, 0.15) is 11.7 Å². The summed E-state index contributed by atoms with van der Waals surface area (Å²) < 4.78 is 16.1. The monoisotopic (exact) mass is 489 g/mol. The van der Waals surface area contributed by atoms with E-state index in [1.807, 2.05) is 61.5 Å². The first-order chi connectivity index (χ1) is 17.4. The summed E-state index contributed by atoms with van der Waals surface area (Å²) >= 11 is 0. The molecular formula is C29H31NO6. The number of hydrogen-bond donors (Lipinski definition) is 1. The van der Waals surface area contributed by atoms with Crippen molar-refractivity contribution >= 4 is 17.7 Å². The predicted molar refractivity (Wildman–Crippen MR) is 134 cm³/mol. The van der Waals surface area contributed by atoms with E-state index in [9.17, 15) is 14.4 Å². The number of carbonyl (C=O) groups is 3. The summed E-state index contributed by atoms with van der Waals surface area (Å²) in [6.45, 7) is 5.64. The summed E-state index contributed by atoms with van der Waals surface area (Å²) in [4.78, 5) is 40.5. The van der Waals surface area contributed by atoms with E-state index in [1.54, 1.807) is 21.0 Å². The highest BCUT2D eigenvalue weighted by Gasteiger charge is 2.49. The SMILES string of the molecule is CCOC(=O)C1=C(C)NC2=C(C(=O)[C@H](C(=O)OCC)[C@@H](c3cccc(OC)c3)C2)[C@@H]1c1ccccc1. The lowest BCUT2D eigenvalue weighted by Crippen LogP contribution is -2.43. The number of carbonyl (C=O) groups excluding carboxylic acids is 3. The zero-order valence-corrected chi connectivity index (χ0v) is 21.0. The second-order valence-corrected chi connectivity index (χ2v) is 8.80. The molecule has 3 atom stereocenters. The number of benzene rings is 2. The lowest BCUT2D eigenvalue weighted by Gasteiger charge is -2.39. The third-order valence-corrected chi connectivity index (χ3v) is 6.71. The predicted octanol–water partition coefficient (Wildman–Crippen LogP) is 4.41. The van der Waals surface area contributed by atoms with E-state index in [4.69, 9.17) is 14.2 Å². The second-order valence-electron chi connectivity index (χ2n) is 8.80. The molecule has 0 fully saturated rings. The van der Waals surface area contributed by atoms with Crippen LogP contribution in [-0.4, -0.2) is 38.0 Å². The van der Waals surface area contributed by atoms with Gasteiger partial charge in [0.25, 0.3) is 0 Å². The second kappa shape index (κ2) is 10.8. The number of allylic oxidation sites excluding steroid dienone is 3. The van der Waals surface area contributed by atoms with Gasteiger partial charge in [-0.2, -0.15) is 0 Å². The first kappa shape index (κ1) is 25.2. The van der Waals surface area contributed by atoms with E-state index in [0.717, 1.165) is 11.1 Å². The summed E-state index contributed by atoms with van der Waals surface area (Å²) in [6.07, 6.45) is 0.397. The van der Waals surface area contributed by atoms with Gasteiger partial charge in [-0.15, -0.1) is 0 Å². The minimum atomic E-state index is -1.05. The van der Waals surface area contributed by atoms with E-state index >= 15 is 0 Å². The van der Waals surface area contributed by atoms with Crippen molar-refractivity contribution in [3.8, 4) is 5.75 Å². The number of esters is 2. The lowest BCUT2D eigenvalue weighted by atomic mass is 9.67. The molecule has 2 aliphatic rings. The third-order valence-electron chi connectivity index (χ3n) is 6.71. The Hall–Kier alpha value is -3.87. The smallest absolute Gasteiger partial charge is 0.336 e. The average Bonchev–Trinajstić information content (AvgIpc) is 2.88. The molecule has 0 radical (unpaired) electrons. The molecular weight excluding hydrogens is 458 g/mol. The number of ketones is 1. The van der Waals surface area contributed by atoms with Gasteiger partial charge >= 0.3 is 11.9 Å². The molecule has 1 heterocycles. The quantitative estimate of drug-likeness (QED) is 0.455. The highest BCUT2D eigenvalue weighted by molar-refractivity contribution is 6.13. The zero-order chi connectivity index (χ0) is 25.8. The molecule has 36 heavy (non-hydrogen) atoms. The summed E-state index contributed by atoms with van der Waals surface area (Å²) in [5, 5.41) is 3.31. The van der Waals surface area contributed by atoms with E-state index in [2.05, 4.69) is 5.32 Å². The van der Waals surface area contributed by atoms with Gasteiger partial charge in [-0.05, 0) is 50.5 Å². The standard InChI is InChI=1S/C29H31NO6/c1-5-35-28(32)23-17(3)30-22-16-21(19-13-10-14-20(15-19)34-4)25(29(33)36-6-2)27(31)26(22)24(23)18-11-8-7-9-12-18/h7-15,21,24-25,30H,5-6,16H2,1-4H3/t21-,24-,25-/m1/s1. The Labute approximate surface area is 211 Å². The average molecular weight is 490 g/mol. The van der Waals surface area contributed by atoms with Gasteiger partial charge in [0, 0.05) is 28.8 Å². The topological polar surface area (TPSA) is 90.9 Å². The minimum Gasteiger partial charge on any atom is -0.497 e. The Balaban J connectivity index is 1.88. The van der Waals surface area contributed by atoms with E-state index in [-0.39, 0.29) is 19.0 Å². The zero-order valence-electron chi connectivity index (χ0n) is 21.0. The molecule has 0 amide bonds. The van der Waals surface area contributed by atoms with Crippen molar-refractivity contribution in [3.63, 3.8) is 0 Å². The van der Waals surface area contributed by atoms with Gasteiger partial charge in [-0.3, -0.25) is 9.59 Å². The molecule has 7 nitrogen and oxygen atoms in total. The van der Waals surface area contributed by atoms with Crippen molar-refractivity contribution in [1.29, 1.82) is 0 Å². The Morgan fingerprint density at radius 2 is 1.67 bits per heavy atom. The van der Waals surface area contributed by atoms with Crippen molar-refractivity contribution < 1.29 is 28.6 Å². The van der Waals surface area contributed by atoms with Crippen molar-refractivity contribution in [1.82, 2.24) is 5.32 Å². The number of nitrogens with one attached hydrogen (secondary N) is 1. The van der Waals surface area contributed by atoms with Crippen LogP contribution in [0.4, 0.5) is 0 Å². The number of rotatable bonds is 7. The number of Topliss-reactive ketones (excluding diaryl/α,β-unsaturated/α-hetero) is 1. The van der Waals surface area contributed by atoms with Crippen molar-refractivity contribution in [2.75, 3.05) is 20.3 Å². The van der Waals surface area contributed by atoms with E-state index < -0.39 is 29.7 Å². The highest BCUT2D eigenvalue weighted by Crippen LogP contribution is 2.48. The normalized spacial score (nSPS) is 21.4. The van der Waals surface area contributed by atoms with Gasteiger partial charge in [-0.25, -0.2) is 4.79 Å². The van der Waals surface area contributed by atoms with Gasteiger partial charge in [0.05, 0.1) is 25.9 Å². The fourth-order valence-corrected chi connectivity index (χ4v) is 5.18. The summed E-state index contributed by atoms with van der Waals surface area (Å²) in [7, 11) is 1.58. The largest absolute Gasteiger partial charge is 0.497 e. The van der Waals surface area contributed by atoms with Gasteiger partial charge < -0.3 is 19.5 Å². The van der Waals surface area contributed by atoms with Crippen LogP contribution in [0.25, 0.3) is 0 Å². The molecule has 0 saturated carbocycles. The maximum Gasteiger partial charge on any atom is 0.336 e. The molecule has 0 bridgehead atoms. The molecule has 0 spiro atoms. The molecule has 4 rings (SSSR count). The fourth-order valence-electron chi connectivity index (χ4n) is 5.18. The van der Waals surface area contributed by atoms with E-state index in [0.29, 0.717) is 34.7 Å². The molecule has 2 aromatic carbocycles. The van der Waals surface area contributed by atoms with Gasteiger partial charge in [0.15, 0.2) is 5.78 Å².